The summed E-state index contributed by atoms with van der Waals surface area (Å²) in [6.07, 6.45) is 4.91. The molecule has 106 valence electrons. The summed E-state index contributed by atoms with van der Waals surface area (Å²) in [5.74, 6) is 0. The van der Waals surface area contributed by atoms with E-state index in [1.54, 1.807) is 35.1 Å². The molecular weight excluding hydrogens is 284 g/mol. The first-order chi connectivity index (χ1) is 10.0. The highest BCUT2D eigenvalue weighted by molar-refractivity contribution is 7.90. The summed E-state index contributed by atoms with van der Waals surface area (Å²) in [5.41, 5.74) is 2.93. The van der Waals surface area contributed by atoms with Crippen LogP contribution in [0.25, 0.3) is 16.8 Å². The Balaban J connectivity index is 1.94. The molecule has 3 rings (SSSR count). The zero-order valence-electron chi connectivity index (χ0n) is 11.5. The van der Waals surface area contributed by atoms with Crippen LogP contribution in [0.2, 0.25) is 0 Å². The summed E-state index contributed by atoms with van der Waals surface area (Å²) in [6, 6.07) is 16.7. The van der Waals surface area contributed by atoms with Gasteiger partial charge in [0.05, 0.1) is 16.8 Å². The summed E-state index contributed by atoms with van der Waals surface area (Å²) in [7, 11) is -3.17. The Labute approximate surface area is 123 Å². The van der Waals surface area contributed by atoms with Gasteiger partial charge in [-0.2, -0.15) is 5.10 Å². The van der Waals surface area contributed by atoms with Gasteiger partial charge in [0, 0.05) is 18.0 Å². The van der Waals surface area contributed by atoms with E-state index in [0.29, 0.717) is 4.90 Å². The van der Waals surface area contributed by atoms with Gasteiger partial charge in [-0.3, -0.25) is 0 Å². The molecule has 0 radical (unpaired) electrons. The third-order valence-corrected chi connectivity index (χ3v) is 4.35. The van der Waals surface area contributed by atoms with Crippen LogP contribution >= 0.6 is 0 Å². The van der Waals surface area contributed by atoms with Gasteiger partial charge in [0.1, 0.15) is 0 Å². The third-order valence-electron chi connectivity index (χ3n) is 3.22. The molecule has 0 aliphatic heterocycles. The minimum absolute atomic E-state index is 0.307. The average molecular weight is 298 g/mol. The van der Waals surface area contributed by atoms with Crippen LogP contribution in [0.5, 0.6) is 0 Å². The van der Waals surface area contributed by atoms with Crippen LogP contribution in [0.15, 0.2) is 71.9 Å². The molecule has 0 atom stereocenters. The minimum Gasteiger partial charge on any atom is -0.240 e. The van der Waals surface area contributed by atoms with E-state index in [9.17, 15) is 8.42 Å². The van der Waals surface area contributed by atoms with E-state index in [2.05, 4.69) is 5.10 Å². The van der Waals surface area contributed by atoms with E-state index in [1.807, 2.05) is 36.5 Å². The number of benzene rings is 2. The molecule has 1 heterocycles. The highest BCUT2D eigenvalue weighted by atomic mass is 32.2. The SMILES string of the molecule is CS(=O)(=O)c1ccc(-n2cc(-c3ccccc3)cn2)cc1. The van der Waals surface area contributed by atoms with Crippen molar-refractivity contribution < 1.29 is 8.42 Å². The predicted molar refractivity (Wildman–Crippen MR) is 82.1 cm³/mol. The van der Waals surface area contributed by atoms with E-state index in [1.165, 1.54) is 6.26 Å². The smallest absolute Gasteiger partial charge is 0.175 e. The maximum absolute atomic E-state index is 11.4. The molecule has 0 spiro atoms. The van der Waals surface area contributed by atoms with Crippen LogP contribution in [0.4, 0.5) is 0 Å². The van der Waals surface area contributed by atoms with Gasteiger partial charge in [-0.25, -0.2) is 13.1 Å². The zero-order valence-corrected chi connectivity index (χ0v) is 12.3. The molecule has 0 amide bonds. The summed E-state index contributed by atoms with van der Waals surface area (Å²) in [4.78, 5) is 0.307. The van der Waals surface area contributed by atoms with Crippen LogP contribution in [0.1, 0.15) is 0 Å². The van der Waals surface area contributed by atoms with Crippen molar-refractivity contribution in [1.29, 1.82) is 0 Å². The van der Waals surface area contributed by atoms with E-state index in [-0.39, 0.29) is 0 Å². The molecule has 0 fully saturated rings. The number of sulfone groups is 1. The molecule has 0 saturated heterocycles. The van der Waals surface area contributed by atoms with Crippen molar-refractivity contribution >= 4 is 9.84 Å². The number of hydrogen-bond acceptors (Lipinski definition) is 3. The lowest BCUT2D eigenvalue weighted by molar-refractivity contribution is 0.602. The molecule has 0 aliphatic carbocycles. The van der Waals surface area contributed by atoms with Crippen LogP contribution in [-0.2, 0) is 9.84 Å². The minimum atomic E-state index is -3.17. The zero-order chi connectivity index (χ0) is 14.9. The topological polar surface area (TPSA) is 52.0 Å². The van der Waals surface area contributed by atoms with Gasteiger partial charge < -0.3 is 0 Å². The molecule has 1 aromatic heterocycles. The van der Waals surface area contributed by atoms with Crippen LogP contribution in [-0.4, -0.2) is 24.5 Å². The van der Waals surface area contributed by atoms with Gasteiger partial charge in [-0.1, -0.05) is 30.3 Å². The summed E-state index contributed by atoms with van der Waals surface area (Å²) in [6.45, 7) is 0. The van der Waals surface area contributed by atoms with Crippen molar-refractivity contribution in [2.75, 3.05) is 6.26 Å². The fraction of sp³-hybridized carbons (Fsp3) is 0.0625. The van der Waals surface area contributed by atoms with Crippen molar-refractivity contribution in [3.8, 4) is 16.8 Å². The molecule has 4 nitrogen and oxygen atoms in total. The van der Waals surface area contributed by atoms with E-state index in [0.717, 1.165) is 16.8 Å². The van der Waals surface area contributed by atoms with Crippen molar-refractivity contribution in [3.63, 3.8) is 0 Å². The Bertz CT molecular complexity index is 851. The van der Waals surface area contributed by atoms with Crippen molar-refractivity contribution in [2.24, 2.45) is 0 Å². The fourth-order valence-corrected chi connectivity index (χ4v) is 2.72. The average Bonchev–Trinajstić information content (AvgIpc) is 2.97. The Hall–Kier alpha value is -2.40. The Morgan fingerprint density at radius 3 is 2.19 bits per heavy atom. The Morgan fingerprint density at radius 2 is 1.57 bits per heavy atom. The van der Waals surface area contributed by atoms with Crippen molar-refractivity contribution in [2.45, 2.75) is 4.90 Å². The number of aromatic nitrogens is 2. The van der Waals surface area contributed by atoms with Crippen LogP contribution < -0.4 is 0 Å². The second-order valence-corrected chi connectivity index (χ2v) is 6.82. The van der Waals surface area contributed by atoms with Gasteiger partial charge >= 0.3 is 0 Å². The van der Waals surface area contributed by atoms with Crippen molar-refractivity contribution in [1.82, 2.24) is 9.78 Å². The van der Waals surface area contributed by atoms with E-state index >= 15 is 0 Å². The number of rotatable bonds is 3. The summed E-state index contributed by atoms with van der Waals surface area (Å²) in [5, 5.41) is 4.32. The highest BCUT2D eigenvalue weighted by Crippen LogP contribution is 2.20. The second kappa shape index (κ2) is 5.18. The normalized spacial score (nSPS) is 11.5. The monoisotopic (exact) mass is 298 g/mol. The lowest BCUT2D eigenvalue weighted by Crippen LogP contribution is -1.98. The summed E-state index contributed by atoms with van der Waals surface area (Å²) < 4.78 is 24.6. The van der Waals surface area contributed by atoms with E-state index < -0.39 is 9.84 Å². The van der Waals surface area contributed by atoms with Gasteiger partial charge in [0.2, 0.25) is 0 Å². The number of hydrogen-bond donors (Lipinski definition) is 0. The third kappa shape index (κ3) is 2.87. The molecule has 3 aromatic rings. The highest BCUT2D eigenvalue weighted by Gasteiger charge is 2.07. The molecule has 0 aliphatic rings. The quantitative estimate of drug-likeness (QED) is 0.747. The molecule has 2 aromatic carbocycles. The van der Waals surface area contributed by atoms with Crippen LogP contribution in [0, 0.1) is 0 Å². The van der Waals surface area contributed by atoms with Crippen LogP contribution in [0.3, 0.4) is 0 Å². The number of nitrogens with zero attached hydrogens (tertiary/aromatic N) is 2. The Kier molecular flexibility index (Phi) is 3.35. The van der Waals surface area contributed by atoms with Crippen molar-refractivity contribution in [3.05, 3.63) is 67.0 Å². The molecule has 0 unspecified atom stereocenters. The maximum Gasteiger partial charge on any atom is 0.175 e. The van der Waals surface area contributed by atoms with Gasteiger partial charge in [-0.15, -0.1) is 0 Å². The standard InChI is InChI=1S/C16H14N2O2S/c1-21(19,20)16-9-7-15(8-10-16)18-12-14(11-17-18)13-5-3-2-4-6-13/h2-12H,1H3. The lowest BCUT2D eigenvalue weighted by atomic mass is 10.1. The molecule has 21 heavy (non-hydrogen) atoms. The van der Waals surface area contributed by atoms with Gasteiger partial charge in [0.25, 0.3) is 0 Å². The first-order valence-corrected chi connectivity index (χ1v) is 8.34. The molecule has 0 N–H and O–H groups in total. The fourth-order valence-electron chi connectivity index (χ4n) is 2.09. The maximum atomic E-state index is 11.4. The van der Waals surface area contributed by atoms with Gasteiger partial charge in [-0.05, 0) is 29.8 Å². The molecule has 5 heteroatoms. The molecule has 0 bridgehead atoms. The largest absolute Gasteiger partial charge is 0.240 e. The lowest BCUT2D eigenvalue weighted by Gasteiger charge is -2.03. The van der Waals surface area contributed by atoms with Gasteiger partial charge in [0.15, 0.2) is 9.84 Å². The predicted octanol–water partition coefficient (Wildman–Crippen LogP) is 2.94. The second-order valence-electron chi connectivity index (χ2n) is 4.81. The first kappa shape index (κ1) is 13.6. The van der Waals surface area contributed by atoms with E-state index in [4.69, 9.17) is 0 Å². The summed E-state index contributed by atoms with van der Waals surface area (Å²) >= 11 is 0. The molecular formula is C16H14N2O2S. The first-order valence-electron chi connectivity index (χ1n) is 6.45. The molecule has 0 saturated carbocycles. The Morgan fingerprint density at radius 1 is 0.905 bits per heavy atom.